The first-order valence-electron chi connectivity index (χ1n) is 7.44. The third-order valence-corrected chi connectivity index (χ3v) is 3.94. The molecule has 7 nitrogen and oxygen atoms in total. The Balaban J connectivity index is 1.97. The monoisotopic (exact) mass is 396 g/mol. The predicted octanol–water partition coefficient (Wildman–Crippen LogP) is 3.94. The van der Waals surface area contributed by atoms with Gasteiger partial charge in [0.05, 0.1) is 11.0 Å². The van der Waals surface area contributed by atoms with Crippen molar-refractivity contribution in [3.05, 3.63) is 73.8 Å². The SMILES string of the molecule is C[C@H](NC(=O)COC(=O)c1cc(Cl)ccc1[N+](=O)[O-])c1ccc(Cl)cc1. The van der Waals surface area contributed by atoms with E-state index in [4.69, 9.17) is 27.9 Å². The van der Waals surface area contributed by atoms with E-state index in [0.29, 0.717) is 5.02 Å². The minimum Gasteiger partial charge on any atom is -0.452 e. The summed E-state index contributed by atoms with van der Waals surface area (Å²) < 4.78 is 4.86. The van der Waals surface area contributed by atoms with Crippen LogP contribution in [0.4, 0.5) is 5.69 Å². The fourth-order valence-corrected chi connectivity index (χ4v) is 2.46. The van der Waals surface area contributed by atoms with E-state index in [9.17, 15) is 19.7 Å². The number of amides is 1. The van der Waals surface area contributed by atoms with Gasteiger partial charge in [-0.15, -0.1) is 0 Å². The fourth-order valence-electron chi connectivity index (χ4n) is 2.16. The van der Waals surface area contributed by atoms with E-state index in [1.54, 1.807) is 31.2 Å². The Morgan fingerprint density at radius 3 is 2.38 bits per heavy atom. The molecule has 136 valence electrons. The van der Waals surface area contributed by atoms with Crippen LogP contribution in [0.1, 0.15) is 28.9 Å². The Kier molecular flexibility index (Phi) is 6.54. The zero-order valence-corrected chi connectivity index (χ0v) is 15.1. The number of esters is 1. The summed E-state index contributed by atoms with van der Waals surface area (Å²) in [5, 5.41) is 14.3. The smallest absolute Gasteiger partial charge is 0.345 e. The van der Waals surface area contributed by atoms with Crippen molar-refractivity contribution in [2.75, 3.05) is 6.61 Å². The fraction of sp³-hybridized carbons (Fsp3) is 0.176. The molecule has 2 aromatic rings. The number of rotatable bonds is 6. The third kappa shape index (κ3) is 5.18. The van der Waals surface area contributed by atoms with Crippen molar-refractivity contribution in [1.29, 1.82) is 0 Å². The number of halogens is 2. The van der Waals surface area contributed by atoms with Crippen molar-refractivity contribution >= 4 is 40.8 Å². The van der Waals surface area contributed by atoms with Gasteiger partial charge in [0, 0.05) is 16.1 Å². The quantitative estimate of drug-likeness (QED) is 0.452. The Hall–Kier alpha value is -2.64. The highest BCUT2D eigenvalue weighted by Crippen LogP contribution is 2.23. The molecule has 0 saturated heterocycles. The van der Waals surface area contributed by atoms with Crippen molar-refractivity contribution in [1.82, 2.24) is 5.32 Å². The van der Waals surface area contributed by atoms with Crippen LogP contribution in [0, 0.1) is 10.1 Å². The molecule has 2 aromatic carbocycles. The molecule has 0 aliphatic heterocycles. The number of carbonyl (C=O) groups excluding carboxylic acids is 2. The largest absolute Gasteiger partial charge is 0.452 e. The molecule has 26 heavy (non-hydrogen) atoms. The maximum absolute atomic E-state index is 12.0. The third-order valence-electron chi connectivity index (χ3n) is 3.46. The average Bonchev–Trinajstić information content (AvgIpc) is 2.59. The molecular formula is C17H14Cl2N2O5. The van der Waals surface area contributed by atoms with Crippen LogP contribution in [-0.2, 0) is 9.53 Å². The molecule has 0 saturated carbocycles. The van der Waals surface area contributed by atoms with Crippen LogP contribution in [-0.4, -0.2) is 23.4 Å². The predicted molar refractivity (Wildman–Crippen MR) is 96.4 cm³/mol. The zero-order chi connectivity index (χ0) is 19.3. The maximum Gasteiger partial charge on any atom is 0.345 e. The molecule has 0 radical (unpaired) electrons. The summed E-state index contributed by atoms with van der Waals surface area (Å²) in [5.41, 5.74) is 0.0509. The second-order valence-corrected chi connectivity index (χ2v) is 6.21. The number of hydrogen-bond donors (Lipinski definition) is 1. The van der Waals surface area contributed by atoms with Crippen LogP contribution < -0.4 is 5.32 Å². The first-order valence-corrected chi connectivity index (χ1v) is 8.19. The van der Waals surface area contributed by atoms with E-state index < -0.39 is 29.1 Å². The lowest BCUT2D eigenvalue weighted by Crippen LogP contribution is -2.31. The van der Waals surface area contributed by atoms with Gasteiger partial charge in [-0.25, -0.2) is 4.79 Å². The van der Waals surface area contributed by atoms with Crippen molar-refractivity contribution < 1.29 is 19.2 Å². The van der Waals surface area contributed by atoms with Gasteiger partial charge in [0.1, 0.15) is 5.56 Å². The van der Waals surface area contributed by atoms with Crippen LogP contribution >= 0.6 is 23.2 Å². The van der Waals surface area contributed by atoms with E-state index in [1.165, 1.54) is 6.07 Å². The minimum atomic E-state index is -1.01. The van der Waals surface area contributed by atoms with Crippen molar-refractivity contribution in [2.24, 2.45) is 0 Å². The summed E-state index contributed by atoms with van der Waals surface area (Å²) in [7, 11) is 0. The van der Waals surface area contributed by atoms with E-state index in [1.807, 2.05) is 0 Å². The molecule has 9 heteroatoms. The van der Waals surface area contributed by atoms with Gasteiger partial charge in [-0.3, -0.25) is 14.9 Å². The first kappa shape index (κ1) is 19.7. The maximum atomic E-state index is 12.0. The Morgan fingerprint density at radius 1 is 1.15 bits per heavy atom. The molecule has 1 N–H and O–H groups in total. The Morgan fingerprint density at radius 2 is 1.77 bits per heavy atom. The number of ether oxygens (including phenoxy) is 1. The normalized spacial score (nSPS) is 11.5. The topological polar surface area (TPSA) is 98.5 Å². The number of nitrogens with zero attached hydrogens (tertiary/aromatic N) is 1. The van der Waals surface area contributed by atoms with E-state index in [2.05, 4.69) is 5.32 Å². The second-order valence-electron chi connectivity index (χ2n) is 5.34. The summed E-state index contributed by atoms with van der Waals surface area (Å²) in [6.07, 6.45) is 0. The molecular weight excluding hydrogens is 383 g/mol. The summed E-state index contributed by atoms with van der Waals surface area (Å²) in [5.74, 6) is -1.56. The van der Waals surface area contributed by atoms with Gasteiger partial charge in [-0.1, -0.05) is 35.3 Å². The number of nitro benzene ring substituents is 1. The molecule has 2 rings (SSSR count). The molecule has 0 aliphatic rings. The summed E-state index contributed by atoms with van der Waals surface area (Å²) in [6.45, 7) is 1.17. The van der Waals surface area contributed by atoms with Crippen molar-refractivity contribution in [3.63, 3.8) is 0 Å². The summed E-state index contributed by atoms with van der Waals surface area (Å²) in [4.78, 5) is 34.2. The molecule has 1 amide bonds. The van der Waals surface area contributed by atoms with E-state index >= 15 is 0 Å². The Bertz CT molecular complexity index is 840. The lowest BCUT2D eigenvalue weighted by Gasteiger charge is -2.14. The number of nitro groups is 1. The summed E-state index contributed by atoms with van der Waals surface area (Å²) in [6, 6.07) is 10.1. The van der Waals surface area contributed by atoms with Gasteiger partial charge in [-0.05, 0) is 36.8 Å². The van der Waals surface area contributed by atoms with Gasteiger partial charge in [0.15, 0.2) is 6.61 Å². The van der Waals surface area contributed by atoms with Crippen LogP contribution in [0.5, 0.6) is 0 Å². The molecule has 0 unspecified atom stereocenters. The zero-order valence-electron chi connectivity index (χ0n) is 13.6. The highest BCUT2D eigenvalue weighted by Gasteiger charge is 2.22. The van der Waals surface area contributed by atoms with Gasteiger partial charge < -0.3 is 10.1 Å². The molecule has 0 bridgehead atoms. The molecule has 0 fully saturated rings. The molecule has 0 heterocycles. The Labute approximate surface area is 159 Å². The number of carbonyl (C=O) groups is 2. The number of nitrogens with one attached hydrogen (secondary N) is 1. The highest BCUT2D eigenvalue weighted by molar-refractivity contribution is 6.31. The summed E-state index contributed by atoms with van der Waals surface area (Å²) >= 11 is 11.6. The standard InChI is InChI=1S/C17H14Cl2N2O5/c1-10(11-2-4-12(18)5-3-11)20-16(22)9-26-17(23)14-8-13(19)6-7-15(14)21(24)25/h2-8,10H,9H2,1H3,(H,20,22)/t10-/m0/s1. The van der Waals surface area contributed by atoms with Crippen LogP contribution in [0.15, 0.2) is 42.5 Å². The van der Waals surface area contributed by atoms with Crippen LogP contribution in [0.25, 0.3) is 0 Å². The van der Waals surface area contributed by atoms with Crippen molar-refractivity contribution in [2.45, 2.75) is 13.0 Å². The first-order chi connectivity index (χ1) is 12.3. The minimum absolute atomic E-state index is 0.142. The van der Waals surface area contributed by atoms with Gasteiger partial charge in [0.25, 0.3) is 11.6 Å². The van der Waals surface area contributed by atoms with Gasteiger partial charge in [0.2, 0.25) is 0 Å². The van der Waals surface area contributed by atoms with Gasteiger partial charge >= 0.3 is 5.97 Å². The van der Waals surface area contributed by atoms with Crippen molar-refractivity contribution in [3.8, 4) is 0 Å². The van der Waals surface area contributed by atoms with E-state index in [0.717, 1.165) is 17.7 Å². The van der Waals surface area contributed by atoms with Crippen LogP contribution in [0.3, 0.4) is 0 Å². The lowest BCUT2D eigenvalue weighted by atomic mass is 10.1. The van der Waals surface area contributed by atoms with E-state index in [-0.39, 0.29) is 16.6 Å². The molecule has 0 aliphatic carbocycles. The average molecular weight is 397 g/mol. The van der Waals surface area contributed by atoms with Crippen LogP contribution in [0.2, 0.25) is 10.0 Å². The molecule has 1 atom stereocenters. The molecule has 0 spiro atoms. The second kappa shape index (κ2) is 8.64. The highest BCUT2D eigenvalue weighted by atomic mass is 35.5. The number of hydrogen-bond acceptors (Lipinski definition) is 5. The van der Waals surface area contributed by atoms with Gasteiger partial charge in [-0.2, -0.15) is 0 Å². The number of benzene rings is 2. The lowest BCUT2D eigenvalue weighted by molar-refractivity contribution is -0.385. The molecule has 0 aromatic heterocycles.